The number of fused-ring (bicyclic) bond motifs is 1. The smallest absolute Gasteiger partial charge is 0.271 e. The van der Waals surface area contributed by atoms with Gasteiger partial charge in [0.1, 0.15) is 5.65 Å². The van der Waals surface area contributed by atoms with Gasteiger partial charge >= 0.3 is 0 Å². The number of rotatable bonds is 3. The molecule has 3 rings (SSSR count). The number of hydrogen-bond donors (Lipinski definition) is 1. The highest BCUT2D eigenvalue weighted by atomic mass is 32.1. The monoisotopic (exact) mass is 270 g/mol. The number of nitrogens with zero attached hydrogens (tertiary/aromatic N) is 3. The zero-order chi connectivity index (χ0) is 13.1. The first-order valence-corrected chi connectivity index (χ1v) is 6.50. The molecule has 3 heterocycles. The van der Waals surface area contributed by atoms with E-state index in [-0.39, 0.29) is 5.91 Å². The van der Waals surface area contributed by atoms with Crippen LogP contribution in [0.4, 0.5) is 0 Å². The van der Waals surface area contributed by atoms with E-state index in [1.807, 2.05) is 28.1 Å². The molecule has 0 saturated carbocycles. The van der Waals surface area contributed by atoms with Crippen LogP contribution >= 0.6 is 11.3 Å². The van der Waals surface area contributed by atoms with E-state index in [2.05, 4.69) is 15.5 Å². The highest BCUT2D eigenvalue weighted by Gasteiger charge is 2.05. The van der Waals surface area contributed by atoms with E-state index in [9.17, 15) is 4.79 Å². The second-order valence-corrected chi connectivity index (χ2v) is 4.80. The third-order valence-electron chi connectivity index (χ3n) is 2.56. The van der Waals surface area contributed by atoms with Gasteiger partial charge in [-0.05, 0) is 23.6 Å². The summed E-state index contributed by atoms with van der Waals surface area (Å²) >= 11 is 1.56. The maximum atomic E-state index is 11.9. The van der Waals surface area contributed by atoms with Crippen LogP contribution in [0.3, 0.4) is 0 Å². The van der Waals surface area contributed by atoms with Gasteiger partial charge in [-0.15, -0.1) is 11.3 Å². The van der Waals surface area contributed by atoms with Crippen LogP contribution in [0.15, 0.2) is 53.3 Å². The average molecular weight is 270 g/mol. The van der Waals surface area contributed by atoms with Crippen molar-refractivity contribution in [3.05, 3.63) is 58.7 Å². The van der Waals surface area contributed by atoms with Crippen molar-refractivity contribution in [3.8, 4) is 0 Å². The van der Waals surface area contributed by atoms with Crippen molar-refractivity contribution in [2.45, 2.75) is 0 Å². The minimum atomic E-state index is -0.252. The number of carbonyl (C=O) groups excluding carboxylic acids is 1. The Morgan fingerprint density at radius 3 is 3.21 bits per heavy atom. The van der Waals surface area contributed by atoms with Crippen molar-refractivity contribution in [2.75, 3.05) is 0 Å². The van der Waals surface area contributed by atoms with Crippen molar-refractivity contribution >= 4 is 29.1 Å². The van der Waals surface area contributed by atoms with Crippen molar-refractivity contribution in [1.29, 1.82) is 0 Å². The Bertz CT molecular complexity index is 730. The van der Waals surface area contributed by atoms with E-state index < -0.39 is 0 Å². The lowest BCUT2D eigenvalue weighted by Gasteiger charge is -2.00. The van der Waals surface area contributed by atoms with Gasteiger partial charge in [-0.2, -0.15) is 5.10 Å². The van der Waals surface area contributed by atoms with E-state index in [0.29, 0.717) is 5.56 Å². The van der Waals surface area contributed by atoms with Crippen LogP contribution < -0.4 is 5.43 Å². The quantitative estimate of drug-likeness (QED) is 0.585. The van der Waals surface area contributed by atoms with Crippen LogP contribution in [0.25, 0.3) is 5.65 Å². The number of nitrogens with one attached hydrogen (secondary N) is 1. The lowest BCUT2D eigenvalue weighted by molar-refractivity contribution is 0.0955. The Labute approximate surface area is 113 Å². The second-order valence-electron chi connectivity index (χ2n) is 3.82. The number of pyridine rings is 1. The van der Waals surface area contributed by atoms with Crippen LogP contribution in [0.1, 0.15) is 15.2 Å². The summed E-state index contributed by atoms with van der Waals surface area (Å²) in [6, 6.07) is 7.30. The highest BCUT2D eigenvalue weighted by molar-refractivity contribution is 7.11. The van der Waals surface area contributed by atoms with Gasteiger partial charge in [0.15, 0.2) is 0 Å². The highest BCUT2D eigenvalue weighted by Crippen LogP contribution is 2.06. The minimum Gasteiger partial charge on any atom is -0.307 e. The molecular weight excluding hydrogens is 260 g/mol. The van der Waals surface area contributed by atoms with E-state index in [1.54, 1.807) is 42.1 Å². The third kappa shape index (κ3) is 2.53. The maximum absolute atomic E-state index is 11.9. The molecule has 5 nitrogen and oxygen atoms in total. The Morgan fingerprint density at radius 1 is 1.42 bits per heavy atom. The Kier molecular flexibility index (Phi) is 3.07. The van der Waals surface area contributed by atoms with Gasteiger partial charge in [-0.25, -0.2) is 10.4 Å². The van der Waals surface area contributed by atoms with E-state index in [0.717, 1.165) is 10.5 Å². The van der Waals surface area contributed by atoms with Gasteiger partial charge < -0.3 is 4.40 Å². The predicted molar refractivity (Wildman–Crippen MR) is 74.6 cm³/mol. The van der Waals surface area contributed by atoms with E-state index in [1.165, 1.54) is 0 Å². The molecule has 1 N–H and O–H groups in total. The number of hydrogen-bond acceptors (Lipinski definition) is 4. The van der Waals surface area contributed by atoms with Gasteiger partial charge in [0.25, 0.3) is 5.91 Å². The average Bonchev–Trinajstić information content (AvgIpc) is 3.08. The molecule has 0 aliphatic rings. The molecule has 6 heteroatoms. The second kappa shape index (κ2) is 5.03. The lowest BCUT2D eigenvalue weighted by Crippen LogP contribution is -2.17. The Balaban J connectivity index is 1.72. The van der Waals surface area contributed by atoms with Gasteiger partial charge in [-0.1, -0.05) is 6.07 Å². The van der Waals surface area contributed by atoms with Crippen LogP contribution in [0, 0.1) is 0 Å². The van der Waals surface area contributed by atoms with Gasteiger partial charge in [-0.3, -0.25) is 4.79 Å². The molecule has 3 aromatic rings. The number of thiophene rings is 1. The Morgan fingerprint density at radius 2 is 2.37 bits per heavy atom. The minimum absolute atomic E-state index is 0.252. The first kappa shape index (κ1) is 11.6. The third-order valence-corrected chi connectivity index (χ3v) is 3.37. The first-order chi connectivity index (χ1) is 9.33. The van der Waals surface area contributed by atoms with Gasteiger partial charge in [0.05, 0.1) is 6.21 Å². The van der Waals surface area contributed by atoms with Crippen molar-refractivity contribution < 1.29 is 4.79 Å². The molecule has 0 bridgehead atoms. The normalized spacial score (nSPS) is 11.2. The largest absolute Gasteiger partial charge is 0.307 e. The van der Waals surface area contributed by atoms with Crippen molar-refractivity contribution in [1.82, 2.24) is 14.8 Å². The fourth-order valence-corrected chi connectivity index (χ4v) is 2.22. The molecule has 0 spiro atoms. The molecule has 0 aliphatic carbocycles. The van der Waals surface area contributed by atoms with Crippen LogP contribution in [-0.2, 0) is 0 Å². The SMILES string of the molecule is O=C(N/N=C\c1cccs1)c1ccn2ccnc2c1. The summed E-state index contributed by atoms with van der Waals surface area (Å²) in [7, 11) is 0. The molecule has 0 fully saturated rings. The molecular formula is C13H10N4OS. The topological polar surface area (TPSA) is 58.8 Å². The summed E-state index contributed by atoms with van der Waals surface area (Å²) in [6.07, 6.45) is 6.93. The molecule has 94 valence electrons. The molecule has 19 heavy (non-hydrogen) atoms. The zero-order valence-electron chi connectivity index (χ0n) is 9.85. The van der Waals surface area contributed by atoms with Crippen molar-refractivity contribution in [3.63, 3.8) is 0 Å². The number of imidazole rings is 1. The summed E-state index contributed by atoms with van der Waals surface area (Å²) in [4.78, 5) is 17.0. The summed E-state index contributed by atoms with van der Waals surface area (Å²) in [6.45, 7) is 0. The van der Waals surface area contributed by atoms with Gasteiger partial charge in [0.2, 0.25) is 0 Å². The number of amides is 1. The number of hydrazone groups is 1. The summed E-state index contributed by atoms with van der Waals surface area (Å²) in [5.41, 5.74) is 3.76. The number of carbonyl (C=O) groups is 1. The van der Waals surface area contributed by atoms with Crippen LogP contribution in [0.5, 0.6) is 0 Å². The first-order valence-electron chi connectivity index (χ1n) is 5.62. The molecule has 0 unspecified atom stereocenters. The molecule has 0 atom stereocenters. The van der Waals surface area contributed by atoms with E-state index >= 15 is 0 Å². The van der Waals surface area contributed by atoms with Crippen molar-refractivity contribution in [2.24, 2.45) is 5.10 Å². The van der Waals surface area contributed by atoms with Crippen LogP contribution in [-0.4, -0.2) is 21.5 Å². The summed E-state index contributed by atoms with van der Waals surface area (Å²) in [5, 5.41) is 5.87. The summed E-state index contributed by atoms with van der Waals surface area (Å²) in [5.74, 6) is -0.252. The maximum Gasteiger partial charge on any atom is 0.271 e. The fraction of sp³-hybridized carbons (Fsp3) is 0. The zero-order valence-corrected chi connectivity index (χ0v) is 10.7. The molecule has 3 aromatic heterocycles. The van der Waals surface area contributed by atoms with Crippen LogP contribution in [0.2, 0.25) is 0 Å². The predicted octanol–water partition coefficient (Wildman–Crippen LogP) is 2.16. The van der Waals surface area contributed by atoms with Gasteiger partial charge in [0, 0.05) is 29.0 Å². The molecule has 0 aromatic carbocycles. The standard InChI is InChI=1S/C13H10N4OS/c18-13(16-15-9-11-2-1-7-19-11)10-3-5-17-6-4-14-12(17)8-10/h1-9H,(H,16,18)/b15-9-. The molecule has 0 saturated heterocycles. The molecule has 0 aliphatic heterocycles. The van der Waals surface area contributed by atoms with E-state index in [4.69, 9.17) is 0 Å². The Hall–Kier alpha value is -2.47. The number of aromatic nitrogens is 2. The molecule has 0 radical (unpaired) electrons. The fourth-order valence-electron chi connectivity index (χ4n) is 1.64. The summed E-state index contributed by atoms with van der Waals surface area (Å²) < 4.78 is 1.84. The molecule has 1 amide bonds. The lowest BCUT2D eigenvalue weighted by atomic mass is 10.2.